The van der Waals surface area contributed by atoms with Gasteiger partial charge in [0.25, 0.3) is 0 Å². The molecule has 1 aliphatic rings. The molecule has 0 bridgehead atoms. The zero-order valence-corrected chi connectivity index (χ0v) is 9.48. The van der Waals surface area contributed by atoms with Crippen molar-refractivity contribution >= 4 is 5.91 Å². The Morgan fingerprint density at radius 3 is 2.50 bits per heavy atom. The third kappa shape index (κ3) is 2.72. The lowest BCUT2D eigenvalue weighted by Crippen LogP contribution is -2.27. The van der Waals surface area contributed by atoms with Crippen LogP contribution in [0, 0.1) is 5.92 Å². The average Bonchev–Trinajstić information content (AvgIpc) is 2.11. The van der Waals surface area contributed by atoms with Crippen molar-refractivity contribution in [1.82, 2.24) is 5.32 Å². The predicted molar refractivity (Wildman–Crippen MR) is 58.7 cm³/mol. The first-order valence-electron chi connectivity index (χ1n) is 5.18. The van der Waals surface area contributed by atoms with E-state index in [1.165, 1.54) is 11.1 Å². The zero-order chi connectivity index (χ0) is 10.7. The van der Waals surface area contributed by atoms with Gasteiger partial charge in [0.2, 0.25) is 5.91 Å². The fourth-order valence-electron chi connectivity index (χ4n) is 1.38. The highest BCUT2D eigenvalue weighted by Gasteiger charge is 2.12. The minimum Gasteiger partial charge on any atom is -0.330 e. The molecule has 0 saturated carbocycles. The Morgan fingerprint density at radius 1 is 1.36 bits per heavy atom. The lowest BCUT2D eigenvalue weighted by atomic mass is 9.97. The third-order valence-corrected chi connectivity index (χ3v) is 2.64. The minimum absolute atomic E-state index is 0.0585. The number of hydrogen-bond donors (Lipinski definition) is 1. The van der Waals surface area contributed by atoms with Crippen molar-refractivity contribution < 1.29 is 4.79 Å². The molecule has 0 aromatic heterocycles. The molecule has 0 heterocycles. The summed E-state index contributed by atoms with van der Waals surface area (Å²) in [6, 6.07) is 0. The lowest BCUT2D eigenvalue weighted by Gasteiger charge is -2.17. The number of carbonyl (C=O) groups excluding carboxylic acids is 1. The molecule has 14 heavy (non-hydrogen) atoms. The van der Waals surface area contributed by atoms with E-state index in [4.69, 9.17) is 0 Å². The quantitative estimate of drug-likeness (QED) is 0.718. The van der Waals surface area contributed by atoms with Crippen LogP contribution in [0.3, 0.4) is 0 Å². The number of rotatable bonds is 2. The molecule has 0 aromatic rings. The van der Waals surface area contributed by atoms with Gasteiger partial charge in [-0.25, -0.2) is 0 Å². The summed E-state index contributed by atoms with van der Waals surface area (Å²) >= 11 is 0. The first-order valence-corrected chi connectivity index (χ1v) is 5.18. The Labute approximate surface area is 86.1 Å². The van der Waals surface area contributed by atoms with Gasteiger partial charge in [0.1, 0.15) is 0 Å². The van der Waals surface area contributed by atoms with Crippen molar-refractivity contribution in [1.29, 1.82) is 0 Å². The summed E-state index contributed by atoms with van der Waals surface area (Å²) in [7, 11) is 0. The largest absolute Gasteiger partial charge is 0.330 e. The Kier molecular flexibility index (Phi) is 3.50. The number of amides is 1. The molecule has 1 amide bonds. The van der Waals surface area contributed by atoms with Gasteiger partial charge in [0.05, 0.1) is 0 Å². The van der Waals surface area contributed by atoms with E-state index in [1.807, 2.05) is 13.8 Å². The highest BCUT2D eigenvalue weighted by atomic mass is 16.1. The third-order valence-electron chi connectivity index (χ3n) is 2.64. The Bertz CT molecular complexity index is 297. The Balaban J connectivity index is 2.64. The standard InChI is InChI=1S/C12H19NO/c1-8(2)12(14)13-11-6-5-9(3)10(4)7-11/h7-8H,5-6H2,1-4H3,(H,13,14). The van der Waals surface area contributed by atoms with Crippen LogP contribution in [0.2, 0.25) is 0 Å². The summed E-state index contributed by atoms with van der Waals surface area (Å²) in [5.41, 5.74) is 3.77. The van der Waals surface area contributed by atoms with Gasteiger partial charge in [-0.05, 0) is 32.8 Å². The van der Waals surface area contributed by atoms with E-state index in [2.05, 4.69) is 25.2 Å². The Morgan fingerprint density at radius 2 is 2.00 bits per heavy atom. The van der Waals surface area contributed by atoms with Crippen molar-refractivity contribution in [2.24, 2.45) is 5.92 Å². The van der Waals surface area contributed by atoms with E-state index >= 15 is 0 Å². The van der Waals surface area contributed by atoms with Crippen molar-refractivity contribution in [3.63, 3.8) is 0 Å². The maximum atomic E-state index is 11.4. The molecular weight excluding hydrogens is 174 g/mol. The van der Waals surface area contributed by atoms with Crippen LogP contribution in [0.5, 0.6) is 0 Å². The molecule has 0 aliphatic heterocycles. The maximum Gasteiger partial charge on any atom is 0.226 e. The van der Waals surface area contributed by atoms with Crippen LogP contribution < -0.4 is 5.32 Å². The van der Waals surface area contributed by atoms with E-state index < -0.39 is 0 Å². The van der Waals surface area contributed by atoms with Gasteiger partial charge >= 0.3 is 0 Å². The highest BCUT2D eigenvalue weighted by Crippen LogP contribution is 2.21. The van der Waals surface area contributed by atoms with Crippen LogP contribution in [-0.4, -0.2) is 5.91 Å². The second kappa shape index (κ2) is 4.45. The summed E-state index contributed by atoms with van der Waals surface area (Å²) in [4.78, 5) is 11.4. The first kappa shape index (κ1) is 11.0. The molecule has 2 heteroatoms. The van der Waals surface area contributed by atoms with E-state index in [0.29, 0.717) is 0 Å². The van der Waals surface area contributed by atoms with E-state index in [-0.39, 0.29) is 11.8 Å². The summed E-state index contributed by atoms with van der Waals surface area (Å²) in [5, 5.41) is 2.96. The van der Waals surface area contributed by atoms with Gasteiger partial charge in [0.15, 0.2) is 0 Å². The van der Waals surface area contributed by atoms with Crippen molar-refractivity contribution in [3.05, 3.63) is 22.9 Å². The zero-order valence-electron chi connectivity index (χ0n) is 9.48. The molecule has 0 radical (unpaired) electrons. The molecule has 78 valence electrons. The average molecular weight is 193 g/mol. The molecule has 0 fully saturated rings. The molecule has 2 nitrogen and oxygen atoms in total. The van der Waals surface area contributed by atoms with Gasteiger partial charge < -0.3 is 5.32 Å². The second-order valence-corrected chi connectivity index (χ2v) is 4.28. The summed E-state index contributed by atoms with van der Waals surface area (Å²) < 4.78 is 0. The van der Waals surface area contributed by atoms with Crippen LogP contribution in [0.25, 0.3) is 0 Å². The number of allylic oxidation sites excluding steroid dienone is 4. The number of nitrogens with one attached hydrogen (secondary N) is 1. The Hall–Kier alpha value is -1.05. The SMILES string of the molecule is CC1=C(C)CCC(NC(=O)C(C)C)=C1. The minimum atomic E-state index is 0.0585. The first-order chi connectivity index (χ1) is 6.50. The van der Waals surface area contributed by atoms with Crippen LogP contribution >= 0.6 is 0 Å². The molecule has 0 saturated heterocycles. The van der Waals surface area contributed by atoms with Gasteiger partial charge in [-0.3, -0.25) is 4.79 Å². The van der Waals surface area contributed by atoms with Crippen LogP contribution in [-0.2, 0) is 4.79 Å². The van der Waals surface area contributed by atoms with Gasteiger partial charge in [0, 0.05) is 11.6 Å². The predicted octanol–water partition coefficient (Wildman–Crippen LogP) is 2.77. The van der Waals surface area contributed by atoms with Crippen LogP contribution in [0.15, 0.2) is 22.9 Å². The second-order valence-electron chi connectivity index (χ2n) is 4.28. The van der Waals surface area contributed by atoms with E-state index in [9.17, 15) is 4.79 Å². The highest BCUT2D eigenvalue weighted by molar-refractivity contribution is 5.79. The molecule has 1 rings (SSSR count). The molecule has 0 aromatic carbocycles. The van der Waals surface area contributed by atoms with E-state index in [0.717, 1.165) is 18.5 Å². The molecule has 1 aliphatic carbocycles. The topological polar surface area (TPSA) is 29.1 Å². The fourth-order valence-corrected chi connectivity index (χ4v) is 1.38. The van der Waals surface area contributed by atoms with Gasteiger partial charge in [-0.15, -0.1) is 0 Å². The van der Waals surface area contributed by atoms with Crippen LogP contribution in [0.1, 0.15) is 40.5 Å². The monoisotopic (exact) mass is 193 g/mol. The van der Waals surface area contributed by atoms with Crippen molar-refractivity contribution in [3.8, 4) is 0 Å². The lowest BCUT2D eigenvalue weighted by molar-refractivity contribution is -0.123. The molecule has 0 spiro atoms. The molecule has 1 N–H and O–H groups in total. The molecule has 0 atom stereocenters. The fraction of sp³-hybridized carbons (Fsp3) is 0.583. The maximum absolute atomic E-state index is 11.4. The van der Waals surface area contributed by atoms with Crippen molar-refractivity contribution in [2.45, 2.75) is 40.5 Å². The van der Waals surface area contributed by atoms with E-state index in [1.54, 1.807) is 0 Å². The number of carbonyl (C=O) groups is 1. The van der Waals surface area contributed by atoms with Crippen molar-refractivity contribution in [2.75, 3.05) is 0 Å². The normalized spacial score (nSPS) is 17.1. The summed E-state index contributed by atoms with van der Waals surface area (Å²) in [5.74, 6) is 0.173. The molecule has 0 unspecified atom stereocenters. The van der Waals surface area contributed by atoms with Crippen LogP contribution in [0.4, 0.5) is 0 Å². The number of hydrogen-bond acceptors (Lipinski definition) is 1. The summed E-state index contributed by atoms with van der Waals surface area (Å²) in [6.07, 6.45) is 4.11. The van der Waals surface area contributed by atoms with Gasteiger partial charge in [-0.2, -0.15) is 0 Å². The summed E-state index contributed by atoms with van der Waals surface area (Å²) in [6.45, 7) is 8.06. The smallest absolute Gasteiger partial charge is 0.226 e. The van der Waals surface area contributed by atoms with Gasteiger partial charge in [-0.1, -0.05) is 25.0 Å². The molecular formula is C12H19NO.